The lowest BCUT2D eigenvalue weighted by molar-refractivity contribution is -0.269. The van der Waals surface area contributed by atoms with Gasteiger partial charge in [-0.15, -0.1) is 0 Å². The molecular formula is C24H20Cl2F3N3O5. The highest BCUT2D eigenvalue weighted by atomic mass is 35.5. The van der Waals surface area contributed by atoms with Gasteiger partial charge in [0, 0.05) is 21.2 Å². The number of carbonyl (C=O) groups is 2. The van der Waals surface area contributed by atoms with Crippen LogP contribution < -0.4 is 10.8 Å². The van der Waals surface area contributed by atoms with Gasteiger partial charge in [0.15, 0.2) is 0 Å². The maximum Gasteiger partial charge on any atom is 0.428 e. The molecule has 2 fully saturated rings. The van der Waals surface area contributed by atoms with E-state index >= 15 is 0 Å². The van der Waals surface area contributed by atoms with Gasteiger partial charge in [-0.2, -0.15) is 13.2 Å². The molecule has 13 heteroatoms. The Morgan fingerprint density at radius 1 is 1.14 bits per heavy atom. The number of nitrogens with zero attached hydrogens (tertiary/aromatic N) is 1. The number of alkyl halides is 3. The Morgan fingerprint density at radius 3 is 2.43 bits per heavy atom. The molecule has 0 spiro atoms. The second-order valence-electron chi connectivity index (χ2n) is 8.86. The minimum Gasteiger partial charge on any atom is -0.377 e. The van der Waals surface area contributed by atoms with E-state index in [1.54, 1.807) is 13.0 Å². The van der Waals surface area contributed by atoms with Crippen molar-refractivity contribution in [2.75, 3.05) is 19.8 Å². The van der Waals surface area contributed by atoms with Crippen LogP contribution in [0.2, 0.25) is 10.0 Å². The number of hydrogen-bond donors (Lipinski definition) is 2. The van der Waals surface area contributed by atoms with Crippen molar-refractivity contribution < 1.29 is 37.2 Å². The van der Waals surface area contributed by atoms with Crippen molar-refractivity contribution in [2.45, 2.75) is 30.8 Å². The van der Waals surface area contributed by atoms with Crippen LogP contribution in [0.1, 0.15) is 27.0 Å². The van der Waals surface area contributed by atoms with Crippen LogP contribution in [-0.4, -0.2) is 55.0 Å². The highest BCUT2D eigenvalue weighted by molar-refractivity contribution is 6.34. The van der Waals surface area contributed by atoms with E-state index in [-0.39, 0.29) is 45.4 Å². The summed E-state index contributed by atoms with van der Waals surface area (Å²) in [6.07, 6.45) is -3.95. The molecule has 3 aliphatic rings. The van der Waals surface area contributed by atoms with Gasteiger partial charge in [0.25, 0.3) is 11.8 Å². The molecule has 2 atom stereocenters. The Bertz CT molecular complexity index is 1280. The summed E-state index contributed by atoms with van der Waals surface area (Å²) < 4.78 is 47.8. The summed E-state index contributed by atoms with van der Waals surface area (Å²) in [6.45, 7) is 2.38. The number of hydroxylamine groups is 3. The smallest absolute Gasteiger partial charge is 0.377 e. The molecule has 2 amide bonds. The first kappa shape index (κ1) is 25.8. The highest BCUT2D eigenvalue weighted by Crippen LogP contribution is 2.48. The first-order valence-electron chi connectivity index (χ1n) is 11.1. The van der Waals surface area contributed by atoms with Gasteiger partial charge in [-0.1, -0.05) is 29.3 Å². The third kappa shape index (κ3) is 4.66. The largest absolute Gasteiger partial charge is 0.428 e. The van der Waals surface area contributed by atoms with Gasteiger partial charge in [0.05, 0.1) is 18.9 Å². The topological polar surface area (TPSA) is 89.1 Å². The predicted octanol–water partition coefficient (Wildman–Crippen LogP) is 3.91. The van der Waals surface area contributed by atoms with Crippen molar-refractivity contribution in [1.82, 2.24) is 15.9 Å². The normalized spacial score (nSPS) is 24.1. The fourth-order valence-corrected chi connectivity index (χ4v) is 4.79. The van der Waals surface area contributed by atoms with Crippen LogP contribution in [0.25, 0.3) is 5.70 Å². The van der Waals surface area contributed by atoms with E-state index in [9.17, 15) is 22.8 Å². The zero-order valence-electron chi connectivity index (χ0n) is 19.2. The number of ether oxygens (including phenoxy) is 1. The van der Waals surface area contributed by atoms with Crippen molar-refractivity contribution in [2.24, 2.45) is 0 Å². The van der Waals surface area contributed by atoms with E-state index < -0.39 is 23.7 Å². The molecule has 0 aromatic heterocycles. The second-order valence-corrected chi connectivity index (χ2v) is 9.73. The molecule has 5 rings (SSSR count). The summed E-state index contributed by atoms with van der Waals surface area (Å²) in [5, 5.41) is 3.93. The third-order valence-electron chi connectivity index (χ3n) is 6.32. The number of benzene rings is 2. The molecular weight excluding hydrogens is 538 g/mol. The quantitative estimate of drug-likeness (QED) is 0.579. The number of rotatable bonds is 5. The number of carbonyl (C=O) groups excluding carboxylic acids is 2. The molecule has 0 saturated carbocycles. The monoisotopic (exact) mass is 557 g/mol. The average molecular weight is 558 g/mol. The lowest BCUT2D eigenvalue weighted by Crippen LogP contribution is -2.51. The predicted molar refractivity (Wildman–Crippen MR) is 126 cm³/mol. The minimum absolute atomic E-state index is 0.000602. The Kier molecular flexibility index (Phi) is 6.61. The first-order valence-corrected chi connectivity index (χ1v) is 11.9. The van der Waals surface area contributed by atoms with Crippen molar-refractivity contribution in [1.29, 1.82) is 0 Å². The standard InChI is InChI=1S/C24H20Cl2F3N3O5/c1-12-4-13(2-3-18(12)21(33)30-20-11-36-32(22(20)34)17-9-35-10-17)19-8-23(37-31-19,24(27,28)29)14-5-15(25)7-16(26)6-14/h2-8,17,20,31H,9-11H2,1H3,(H,30,33). The SMILES string of the molecule is Cc1cc(C2=CC(c3cc(Cl)cc(Cl)c3)(C(F)(F)F)ON2)ccc1C(=O)NC1CON(C2COC2)C1=O. The number of hydrogen-bond acceptors (Lipinski definition) is 6. The molecule has 2 unspecified atom stereocenters. The van der Waals surface area contributed by atoms with Crippen LogP contribution in [0, 0.1) is 6.92 Å². The Hall–Kier alpha value is -2.83. The van der Waals surface area contributed by atoms with Crippen LogP contribution in [0.3, 0.4) is 0 Å². The first-order chi connectivity index (χ1) is 17.5. The van der Waals surface area contributed by atoms with Crippen molar-refractivity contribution in [3.8, 4) is 0 Å². The summed E-state index contributed by atoms with van der Waals surface area (Å²) in [6, 6.07) is 7.05. The second kappa shape index (κ2) is 9.48. The van der Waals surface area contributed by atoms with Crippen molar-refractivity contribution >= 4 is 40.7 Å². The van der Waals surface area contributed by atoms with Gasteiger partial charge in [-0.3, -0.25) is 24.7 Å². The van der Waals surface area contributed by atoms with Crippen LogP contribution in [-0.2, 0) is 24.8 Å². The van der Waals surface area contributed by atoms with E-state index in [2.05, 4.69) is 10.8 Å². The third-order valence-corrected chi connectivity index (χ3v) is 6.75. The maximum absolute atomic E-state index is 14.2. The van der Waals surface area contributed by atoms with Gasteiger partial charge >= 0.3 is 6.18 Å². The van der Waals surface area contributed by atoms with Gasteiger partial charge < -0.3 is 10.1 Å². The van der Waals surface area contributed by atoms with Gasteiger partial charge in [-0.05, 0) is 54.5 Å². The van der Waals surface area contributed by atoms with Crippen molar-refractivity contribution in [3.05, 3.63) is 74.8 Å². The molecule has 37 heavy (non-hydrogen) atoms. The Labute approximate surface area is 219 Å². The number of nitrogens with one attached hydrogen (secondary N) is 2. The van der Waals surface area contributed by atoms with Gasteiger partial charge in [-0.25, -0.2) is 5.06 Å². The number of amides is 2. The molecule has 2 aromatic rings. The molecule has 196 valence electrons. The molecule has 3 aliphatic heterocycles. The number of halogens is 5. The van der Waals surface area contributed by atoms with Gasteiger partial charge in [0.2, 0.25) is 5.60 Å². The van der Waals surface area contributed by atoms with Crippen LogP contribution in [0.5, 0.6) is 0 Å². The molecule has 2 aromatic carbocycles. The van der Waals surface area contributed by atoms with Gasteiger partial charge in [0.1, 0.15) is 18.7 Å². The van der Waals surface area contributed by atoms with Crippen molar-refractivity contribution in [3.63, 3.8) is 0 Å². The molecule has 0 bridgehead atoms. The summed E-state index contributed by atoms with van der Waals surface area (Å²) in [5.41, 5.74) is 0.352. The molecule has 2 saturated heterocycles. The minimum atomic E-state index is -4.85. The fraction of sp³-hybridized carbons (Fsp3) is 0.333. The van der Waals surface area contributed by atoms with Crippen LogP contribution in [0.15, 0.2) is 42.5 Å². The molecule has 8 nitrogen and oxygen atoms in total. The molecule has 0 radical (unpaired) electrons. The van der Waals surface area contributed by atoms with E-state index in [1.807, 2.05) is 0 Å². The highest BCUT2D eigenvalue weighted by Gasteiger charge is 2.59. The lowest BCUT2D eigenvalue weighted by atomic mass is 9.91. The average Bonchev–Trinajstić information content (AvgIpc) is 3.38. The number of aryl methyl sites for hydroxylation is 1. The summed E-state index contributed by atoms with van der Waals surface area (Å²) in [5.74, 6) is -0.876. The van der Waals surface area contributed by atoms with E-state index in [0.717, 1.165) is 18.2 Å². The maximum atomic E-state index is 14.2. The lowest BCUT2D eigenvalue weighted by Gasteiger charge is -2.32. The molecule has 3 heterocycles. The van der Waals surface area contributed by atoms with Crippen LogP contribution >= 0.6 is 23.2 Å². The summed E-state index contributed by atoms with van der Waals surface area (Å²) >= 11 is 11.9. The summed E-state index contributed by atoms with van der Waals surface area (Å²) in [4.78, 5) is 35.9. The molecule has 2 N–H and O–H groups in total. The summed E-state index contributed by atoms with van der Waals surface area (Å²) in [7, 11) is 0. The Morgan fingerprint density at radius 2 is 1.84 bits per heavy atom. The molecule has 0 aliphatic carbocycles. The van der Waals surface area contributed by atoms with Crippen LogP contribution in [0.4, 0.5) is 13.2 Å². The fourth-order valence-electron chi connectivity index (χ4n) is 4.27. The van der Waals surface area contributed by atoms with E-state index in [0.29, 0.717) is 24.3 Å². The Balaban J connectivity index is 1.37. The van der Waals surface area contributed by atoms with E-state index in [1.165, 1.54) is 23.3 Å². The zero-order valence-corrected chi connectivity index (χ0v) is 20.7. The zero-order chi connectivity index (χ0) is 26.5. The van der Waals surface area contributed by atoms with E-state index in [4.69, 9.17) is 37.6 Å².